The van der Waals surface area contributed by atoms with Crippen LogP contribution in [0.2, 0.25) is 0 Å². The minimum atomic E-state index is -0.234. The van der Waals surface area contributed by atoms with Gasteiger partial charge in [0.15, 0.2) is 11.3 Å². The summed E-state index contributed by atoms with van der Waals surface area (Å²) in [7, 11) is 1.95. The first-order chi connectivity index (χ1) is 12.1. The molecule has 0 bridgehead atoms. The van der Waals surface area contributed by atoms with Crippen molar-refractivity contribution in [2.45, 2.75) is 52.9 Å². The van der Waals surface area contributed by atoms with Crippen LogP contribution in [-0.4, -0.2) is 19.4 Å². The van der Waals surface area contributed by atoms with Gasteiger partial charge in [-0.05, 0) is 12.5 Å². The van der Waals surface area contributed by atoms with Gasteiger partial charge in [-0.3, -0.25) is 0 Å². The fourth-order valence-electron chi connectivity index (χ4n) is 2.85. The van der Waals surface area contributed by atoms with Crippen molar-refractivity contribution in [2.75, 3.05) is 0 Å². The summed E-state index contributed by atoms with van der Waals surface area (Å²) in [5, 5.41) is 17.9. The average Bonchev–Trinajstić information content (AvgIpc) is 3.18. The van der Waals surface area contributed by atoms with Crippen molar-refractivity contribution in [3.05, 3.63) is 34.8 Å². The number of hydrogen-bond donors (Lipinski definition) is 0. The quantitative estimate of drug-likeness (QED) is 0.470. The lowest BCUT2D eigenvalue weighted by molar-refractivity contribution is 0.553. The van der Waals surface area contributed by atoms with Crippen LogP contribution in [0, 0.1) is 13.5 Å². The van der Waals surface area contributed by atoms with Gasteiger partial charge in [-0.1, -0.05) is 34.6 Å². The van der Waals surface area contributed by atoms with E-state index in [9.17, 15) is 0 Å². The van der Waals surface area contributed by atoms with Gasteiger partial charge < -0.3 is 8.98 Å². The second-order valence-corrected chi connectivity index (χ2v) is 7.72. The van der Waals surface area contributed by atoms with Crippen LogP contribution < -0.4 is 0 Å². The van der Waals surface area contributed by atoms with Gasteiger partial charge in [-0.2, -0.15) is 5.10 Å². The Labute approximate surface area is 152 Å². The van der Waals surface area contributed by atoms with Gasteiger partial charge in [0.25, 0.3) is 5.69 Å². The maximum absolute atomic E-state index is 7.29. The highest BCUT2D eigenvalue weighted by atomic mass is 16.3. The van der Waals surface area contributed by atoms with Gasteiger partial charge in [0.05, 0.1) is 18.5 Å². The number of rotatable bonds is 3. The normalized spacial score (nSPS) is 12.6. The molecule has 0 saturated heterocycles. The van der Waals surface area contributed by atoms with Gasteiger partial charge in [-0.15, -0.1) is 20.0 Å². The Hall–Kier alpha value is -2.95. The molecule has 0 aliphatic heterocycles. The van der Waals surface area contributed by atoms with Crippen molar-refractivity contribution in [1.82, 2.24) is 19.4 Å². The van der Waals surface area contributed by atoms with E-state index >= 15 is 0 Å². The Morgan fingerprint density at radius 2 is 1.92 bits per heavy atom. The molecular formula is C18H23N7O. The average molecular weight is 353 g/mol. The SMILES string of the molecule is [C-]#[N+]c1c(C)coc1N=Nc1c(C(C)(C)C)nn2nc(C(C)C)n(C)c12. The maximum atomic E-state index is 7.29. The van der Waals surface area contributed by atoms with Crippen molar-refractivity contribution < 1.29 is 4.42 Å². The molecule has 3 heterocycles. The monoisotopic (exact) mass is 353 g/mol. The number of azo groups is 1. The summed E-state index contributed by atoms with van der Waals surface area (Å²) in [4.78, 5) is 3.47. The lowest BCUT2D eigenvalue weighted by atomic mass is 9.91. The number of aryl methyl sites for hydroxylation is 2. The number of fused-ring (bicyclic) bond motifs is 1. The van der Waals surface area contributed by atoms with Crippen molar-refractivity contribution in [2.24, 2.45) is 17.3 Å². The minimum Gasteiger partial charge on any atom is -0.456 e. The molecule has 3 rings (SSSR count). The highest BCUT2D eigenvalue weighted by molar-refractivity contribution is 5.70. The molecular weight excluding hydrogens is 330 g/mol. The highest BCUT2D eigenvalue weighted by Crippen LogP contribution is 2.38. The van der Waals surface area contributed by atoms with E-state index in [4.69, 9.17) is 11.0 Å². The molecule has 3 aromatic heterocycles. The summed E-state index contributed by atoms with van der Waals surface area (Å²) in [6.07, 6.45) is 1.51. The van der Waals surface area contributed by atoms with Crippen LogP contribution in [0.5, 0.6) is 0 Å². The number of aromatic nitrogens is 4. The minimum absolute atomic E-state index is 0.211. The standard InChI is InChI=1S/C18H23N7O/c1-10(2)15-23-25-17(24(15)8)13(14(22-25)18(4,5)6)20-21-16-12(19-7)11(3)9-26-16/h9-10H,1-6,8H3. The van der Waals surface area contributed by atoms with Crippen molar-refractivity contribution in [3.63, 3.8) is 0 Å². The molecule has 26 heavy (non-hydrogen) atoms. The van der Waals surface area contributed by atoms with E-state index in [2.05, 4.69) is 59.9 Å². The molecule has 8 nitrogen and oxygen atoms in total. The summed E-state index contributed by atoms with van der Waals surface area (Å²) in [5.74, 6) is 1.38. The van der Waals surface area contributed by atoms with Crippen LogP contribution in [0.15, 0.2) is 20.9 Å². The third-order valence-corrected chi connectivity index (χ3v) is 4.18. The summed E-state index contributed by atoms with van der Waals surface area (Å²) < 4.78 is 8.98. The third-order valence-electron chi connectivity index (χ3n) is 4.18. The zero-order chi connectivity index (χ0) is 19.2. The van der Waals surface area contributed by atoms with Gasteiger partial charge in [0.1, 0.15) is 5.82 Å². The molecule has 0 aliphatic rings. The van der Waals surface area contributed by atoms with E-state index in [-0.39, 0.29) is 17.2 Å². The predicted molar refractivity (Wildman–Crippen MR) is 98.6 cm³/mol. The summed E-state index contributed by atoms with van der Waals surface area (Å²) in [5.41, 5.74) is 3.10. The number of hydrogen-bond acceptors (Lipinski definition) is 5. The lowest BCUT2D eigenvalue weighted by Gasteiger charge is -2.15. The van der Waals surface area contributed by atoms with Gasteiger partial charge >= 0.3 is 0 Å². The van der Waals surface area contributed by atoms with E-state index in [0.717, 1.165) is 22.7 Å². The fourth-order valence-corrected chi connectivity index (χ4v) is 2.85. The number of nitrogens with zero attached hydrogens (tertiary/aromatic N) is 7. The van der Waals surface area contributed by atoms with Crippen LogP contribution in [0.4, 0.5) is 17.3 Å². The Morgan fingerprint density at radius 3 is 2.50 bits per heavy atom. The van der Waals surface area contributed by atoms with E-state index in [1.54, 1.807) is 4.63 Å². The highest BCUT2D eigenvalue weighted by Gasteiger charge is 2.28. The molecule has 0 fully saturated rings. The molecule has 8 heteroatoms. The zero-order valence-corrected chi connectivity index (χ0v) is 16.2. The second-order valence-electron chi connectivity index (χ2n) is 7.72. The molecule has 0 N–H and O–H groups in total. The van der Waals surface area contributed by atoms with Crippen LogP contribution in [0.1, 0.15) is 57.6 Å². The van der Waals surface area contributed by atoms with Crippen molar-refractivity contribution in [1.29, 1.82) is 0 Å². The Kier molecular flexibility index (Phi) is 4.18. The molecule has 0 radical (unpaired) electrons. The Morgan fingerprint density at radius 1 is 1.23 bits per heavy atom. The van der Waals surface area contributed by atoms with Crippen LogP contribution in [0.25, 0.3) is 10.5 Å². The molecule has 136 valence electrons. The largest absolute Gasteiger partial charge is 0.456 e. The van der Waals surface area contributed by atoms with E-state index in [1.807, 2.05) is 18.5 Å². The molecule has 0 amide bonds. The van der Waals surface area contributed by atoms with Gasteiger partial charge in [0, 0.05) is 18.4 Å². The Balaban J connectivity index is 2.22. The lowest BCUT2D eigenvalue weighted by Crippen LogP contribution is -2.13. The summed E-state index contributed by atoms with van der Waals surface area (Å²) in [6, 6.07) is 0. The molecule has 0 unspecified atom stereocenters. The zero-order valence-electron chi connectivity index (χ0n) is 16.2. The van der Waals surface area contributed by atoms with E-state index < -0.39 is 0 Å². The maximum Gasteiger partial charge on any atom is 0.255 e. The van der Waals surface area contributed by atoms with E-state index in [1.165, 1.54) is 6.26 Å². The Bertz CT molecular complexity index is 1030. The first-order valence-corrected chi connectivity index (χ1v) is 8.48. The molecule has 0 saturated carbocycles. The summed E-state index contributed by atoms with van der Waals surface area (Å²) >= 11 is 0. The van der Waals surface area contributed by atoms with Gasteiger partial charge in [0.2, 0.25) is 5.88 Å². The van der Waals surface area contributed by atoms with Crippen molar-refractivity contribution in [3.8, 4) is 0 Å². The fraction of sp³-hybridized carbons (Fsp3) is 0.500. The molecule has 0 aromatic carbocycles. The van der Waals surface area contributed by atoms with Crippen molar-refractivity contribution >= 4 is 22.9 Å². The number of furan rings is 1. The molecule has 3 aromatic rings. The van der Waals surface area contributed by atoms with Crippen LogP contribution in [-0.2, 0) is 12.5 Å². The predicted octanol–water partition coefficient (Wildman–Crippen LogP) is 5.36. The molecule has 0 spiro atoms. The van der Waals surface area contributed by atoms with Crippen LogP contribution in [0.3, 0.4) is 0 Å². The van der Waals surface area contributed by atoms with E-state index in [0.29, 0.717) is 11.4 Å². The topological polar surface area (TPSA) is 77.3 Å². The smallest absolute Gasteiger partial charge is 0.255 e. The molecule has 0 aliphatic carbocycles. The van der Waals surface area contributed by atoms with Crippen LogP contribution >= 0.6 is 0 Å². The summed E-state index contributed by atoms with van der Waals surface area (Å²) in [6.45, 7) is 19.5. The molecule has 0 atom stereocenters. The van der Waals surface area contributed by atoms with Gasteiger partial charge in [-0.25, -0.2) is 4.85 Å². The first-order valence-electron chi connectivity index (χ1n) is 8.48. The first kappa shape index (κ1) is 17.9. The second kappa shape index (κ2) is 6.09. The third kappa shape index (κ3) is 2.79.